The summed E-state index contributed by atoms with van der Waals surface area (Å²) in [6, 6.07) is 0. The first-order valence-corrected chi connectivity index (χ1v) is 7.17. The normalized spacial score (nSPS) is 26.6. The topological polar surface area (TPSA) is 12.0 Å². The second-order valence-electron chi connectivity index (χ2n) is 5.65. The molecule has 0 aromatic carbocycles. The zero-order valence-electron chi connectivity index (χ0n) is 10.5. The highest BCUT2D eigenvalue weighted by Crippen LogP contribution is 2.27. The summed E-state index contributed by atoms with van der Waals surface area (Å²) in [7, 11) is 2.92. The third kappa shape index (κ3) is 6.53. The summed E-state index contributed by atoms with van der Waals surface area (Å²) in [6.45, 7) is 7.05. The van der Waals surface area contributed by atoms with Crippen LogP contribution in [0.25, 0.3) is 0 Å². The molecule has 0 amide bonds. The molecule has 2 heteroatoms. The summed E-state index contributed by atoms with van der Waals surface area (Å²) in [5.74, 6) is 1.04. The molecule has 1 aliphatic carbocycles. The molecule has 0 spiro atoms. The maximum Gasteiger partial charge on any atom is -0.00405 e. The molecule has 0 aromatic rings. The average molecular weight is 229 g/mol. The molecule has 1 atom stereocenters. The van der Waals surface area contributed by atoms with Gasteiger partial charge in [0.15, 0.2) is 0 Å². The van der Waals surface area contributed by atoms with Crippen molar-refractivity contribution in [2.24, 2.45) is 5.92 Å². The summed E-state index contributed by atoms with van der Waals surface area (Å²) < 4.78 is 0. The van der Waals surface area contributed by atoms with E-state index in [1.165, 1.54) is 58.0 Å². The minimum absolute atomic E-state index is 0.533. The van der Waals surface area contributed by atoms with Crippen molar-refractivity contribution < 1.29 is 0 Å². The Kier molecular flexibility index (Phi) is 6.16. The quantitative estimate of drug-likeness (QED) is 0.626. The van der Waals surface area contributed by atoms with Crippen molar-refractivity contribution in [3.8, 4) is 0 Å². The highest BCUT2D eigenvalue weighted by atomic mass is 31.0. The van der Waals surface area contributed by atoms with Crippen molar-refractivity contribution in [2.45, 2.75) is 63.9 Å². The van der Waals surface area contributed by atoms with Crippen molar-refractivity contribution in [2.75, 3.05) is 13.1 Å². The van der Waals surface area contributed by atoms with Gasteiger partial charge < -0.3 is 5.32 Å². The van der Waals surface area contributed by atoms with Gasteiger partial charge in [0.25, 0.3) is 0 Å². The fraction of sp³-hybridized carbons (Fsp3) is 1.00. The van der Waals surface area contributed by atoms with Gasteiger partial charge in [-0.2, -0.15) is 0 Å². The second kappa shape index (κ2) is 6.86. The molecule has 0 bridgehead atoms. The molecule has 0 radical (unpaired) electrons. The van der Waals surface area contributed by atoms with Gasteiger partial charge in [0.2, 0.25) is 0 Å². The standard InChI is InChI=1S/C7H14.C6H14NP/c1-7-5-3-2-4-6-7;1-6(8)2-4-7-5-3-6/h7H,2-6H2,1H3;7H,2-5,8H2,1H3. The summed E-state index contributed by atoms with van der Waals surface area (Å²) in [5.41, 5.74) is 0. The van der Waals surface area contributed by atoms with Crippen molar-refractivity contribution in [3.63, 3.8) is 0 Å². The zero-order chi connectivity index (χ0) is 11.1. The van der Waals surface area contributed by atoms with Crippen LogP contribution in [0.1, 0.15) is 58.8 Å². The van der Waals surface area contributed by atoms with Gasteiger partial charge in [-0.15, -0.1) is 9.24 Å². The van der Waals surface area contributed by atoms with Gasteiger partial charge in [-0.25, -0.2) is 0 Å². The highest BCUT2D eigenvalue weighted by Gasteiger charge is 2.19. The van der Waals surface area contributed by atoms with Crippen LogP contribution in [0.5, 0.6) is 0 Å². The minimum Gasteiger partial charge on any atom is -0.317 e. The van der Waals surface area contributed by atoms with E-state index < -0.39 is 0 Å². The van der Waals surface area contributed by atoms with Crippen LogP contribution < -0.4 is 5.32 Å². The fourth-order valence-electron chi connectivity index (χ4n) is 2.30. The molecular formula is C13H28NP. The van der Waals surface area contributed by atoms with Crippen LogP contribution in [-0.4, -0.2) is 18.2 Å². The van der Waals surface area contributed by atoms with Crippen LogP contribution in [0.4, 0.5) is 0 Å². The van der Waals surface area contributed by atoms with Crippen LogP contribution in [0.2, 0.25) is 0 Å². The second-order valence-corrected chi connectivity index (χ2v) is 7.04. The Hall–Kier alpha value is 0.390. The fourth-order valence-corrected chi connectivity index (χ4v) is 2.59. The molecule has 2 fully saturated rings. The lowest BCUT2D eigenvalue weighted by Gasteiger charge is -2.29. The van der Waals surface area contributed by atoms with Gasteiger partial charge in [-0.1, -0.05) is 46.0 Å². The minimum atomic E-state index is 0.533. The molecule has 1 heterocycles. The summed E-state index contributed by atoms with van der Waals surface area (Å²) in [4.78, 5) is 0. The van der Waals surface area contributed by atoms with Crippen LogP contribution in [0.3, 0.4) is 0 Å². The Bertz CT molecular complexity index is 154. The number of piperidine rings is 1. The van der Waals surface area contributed by atoms with Gasteiger partial charge >= 0.3 is 0 Å². The molecule has 1 unspecified atom stereocenters. The smallest absolute Gasteiger partial charge is 0.00405 e. The van der Waals surface area contributed by atoms with E-state index in [1.54, 1.807) is 0 Å². The van der Waals surface area contributed by atoms with E-state index in [9.17, 15) is 0 Å². The first kappa shape index (κ1) is 13.5. The average Bonchev–Trinajstić information content (AvgIpc) is 2.19. The maximum absolute atomic E-state index is 3.33. The monoisotopic (exact) mass is 229 g/mol. The Labute approximate surface area is 98.0 Å². The van der Waals surface area contributed by atoms with Gasteiger partial charge in [-0.05, 0) is 37.0 Å². The third-order valence-electron chi connectivity index (χ3n) is 3.64. The SMILES string of the molecule is CC1(P)CCNCC1.CC1CCCCC1. The molecule has 0 aromatic heterocycles. The Balaban J connectivity index is 0.000000151. The lowest BCUT2D eigenvalue weighted by molar-refractivity contribution is 0.385. The van der Waals surface area contributed by atoms with Crippen LogP contribution in [-0.2, 0) is 0 Å². The maximum atomic E-state index is 3.33. The molecule has 1 N–H and O–H groups in total. The van der Waals surface area contributed by atoms with E-state index in [0.29, 0.717) is 5.16 Å². The molecule has 1 aliphatic heterocycles. The van der Waals surface area contributed by atoms with Gasteiger partial charge in [0, 0.05) is 0 Å². The van der Waals surface area contributed by atoms with E-state index in [-0.39, 0.29) is 0 Å². The molecule has 90 valence electrons. The Morgan fingerprint density at radius 2 is 1.60 bits per heavy atom. The van der Waals surface area contributed by atoms with Crippen LogP contribution >= 0.6 is 9.24 Å². The summed E-state index contributed by atoms with van der Waals surface area (Å²) in [6.07, 6.45) is 10.0. The van der Waals surface area contributed by atoms with Crippen molar-refractivity contribution in [1.82, 2.24) is 5.32 Å². The number of nitrogens with one attached hydrogen (secondary N) is 1. The largest absolute Gasteiger partial charge is 0.317 e. The predicted octanol–water partition coefficient (Wildman–Crippen LogP) is 3.59. The number of rotatable bonds is 0. The van der Waals surface area contributed by atoms with E-state index in [4.69, 9.17) is 0 Å². The number of hydrogen-bond donors (Lipinski definition) is 1. The van der Waals surface area contributed by atoms with Crippen molar-refractivity contribution in [1.29, 1.82) is 0 Å². The summed E-state index contributed by atoms with van der Waals surface area (Å²) in [5, 5.41) is 3.86. The van der Waals surface area contributed by atoms with Gasteiger partial charge in [-0.3, -0.25) is 0 Å². The van der Waals surface area contributed by atoms with Crippen LogP contribution in [0, 0.1) is 5.92 Å². The molecule has 15 heavy (non-hydrogen) atoms. The first-order valence-electron chi connectivity index (χ1n) is 6.60. The van der Waals surface area contributed by atoms with Gasteiger partial charge in [0.05, 0.1) is 0 Å². The molecular weight excluding hydrogens is 201 g/mol. The van der Waals surface area contributed by atoms with Gasteiger partial charge in [0.1, 0.15) is 0 Å². The highest BCUT2D eigenvalue weighted by molar-refractivity contribution is 7.18. The van der Waals surface area contributed by atoms with E-state index in [1.807, 2.05) is 0 Å². The molecule has 2 rings (SSSR count). The van der Waals surface area contributed by atoms with E-state index in [2.05, 4.69) is 28.4 Å². The summed E-state index contributed by atoms with van der Waals surface area (Å²) >= 11 is 0. The predicted molar refractivity (Wildman–Crippen MR) is 72.5 cm³/mol. The first-order chi connectivity index (χ1) is 7.10. The molecule has 1 saturated heterocycles. The van der Waals surface area contributed by atoms with E-state index in [0.717, 1.165) is 5.92 Å². The molecule has 2 aliphatic rings. The molecule has 1 saturated carbocycles. The van der Waals surface area contributed by atoms with E-state index >= 15 is 0 Å². The third-order valence-corrected chi connectivity index (χ3v) is 4.22. The zero-order valence-corrected chi connectivity index (χ0v) is 11.7. The number of hydrogen-bond acceptors (Lipinski definition) is 1. The van der Waals surface area contributed by atoms with Crippen molar-refractivity contribution in [3.05, 3.63) is 0 Å². The Morgan fingerprint density at radius 1 is 1.07 bits per heavy atom. The Morgan fingerprint density at radius 3 is 1.87 bits per heavy atom. The lowest BCUT2D eigenvalue weighted by Crippen LogP contribution is -2.34. The van der Waals surface area contributed by atoms with Crippen molar-refractivity contribution >= 4 is 9.24 Å². The lowest BCUT2D eigenvalue weighted by atomic mass is 9.91. The molecule has 1 nitrogen and oxygen atoms in total. The van der Waals surface area contributed by atoms with Crippen LogP contribution in [0.15, 0.2) is 0 Å².